The third kappa shape index (κ3) is 4.07. The number of nitrogens with one attached hydrogen (secondary N) is 1. The summed E-state index contributed by atoms with van der Waals surface area (Å²) in [6, 6.07) is 5.74. The number of carbonyl (C=O) groups is 1. The maximum Gasteiger partial charge on any atom is 0.233 e. The van der Waals surface area contributed by atoms with E-state index < -0.39 is 0 Å². The van der Waals surface area contributed by atoms with Crippen LogP contribution in [0.3, 0.4) is 0 Å². The quantitative estimate of drug-likeness (QED) is 0.786. The molecule has 0 saturated heterocycles. The van der Waals surface area contributed by atoms with Crippen LogP contribution in [0.5, 0.6) is 11.5 Å². The Balaban J connectivity index is 1.78. The van der Waals surface area contributed by atoms with Gasteiger partial charge in [0.25, 0.3) is 0 Å². The van der Waals surface area contributed by atoms with Crippen molar-refractivity contribution >= 4 is 17.7 Å². The van der Waals surface area contributed by atoms with Gasteiger partial charge in [0.15, 0.2) is 11.5 Å². The summed E-state index contributed by atoms with van der Waals surface area (Å²) in [5.74, 6) is 2.64. The SMILES string of the molecule is CCCCSC(C)C(=O)NCc1ccc2c(c1)OCO2. The maximum absolute atomic E-state index is 12.0. The molecule has 0 saturated carbocycles. The summed E-state index contributed by atoms with van der Waals surface area (Å²) in [7, 11) is 0. The number of hydrogen-bond acceptors (Lipinski definition) is 4. The first kappa shape index (κ1) is 15.0. The Bertz CT molecular complexity index is 464. The summed E-state index contributed by atoms with van der Waals surface area (Å²) in [5.41, 5.74) is 1.02. The van der Waals surface area contributed by atoms with Gasteiger partial charge in [-0.3, -0.25) is 4.79 Å². The molecule has 0 fully saturated rings. The van der Waals surface area contributed by atoms with Gasteiger partial charge in [0.2, 0.25) is 12.7 Å². The van der Waals surface area contributed by atoms with Crippen LogP contribution in [0.4, 0.5) is 0 Å². The van der Waals surface area contributed by atoms with Gasteiger partial charge in [-0.1, -0.05) is 19.4 Å². The Morgan fingerprint density at radius 3 is 3.00 bits per heavy atom. The van der Waals surface area contributed by atoms with E-state index in [4.69, 9.17) is 9.47 Å². The molecule has 0 bridgehead atoms. The number of carbonyl (C=O) groups excluding carboxylic acids is 1. The number of unbranched alkanes of at least 4 members (excludes halogenated alkanes) is 1. The van der Waals surface area contributed by atoms with E-state index in [0.717, 1.165) is 29.2 Å². The van der Waals surface area contributed by atoms with Crippen molar-refractivity contribution in [1.82, 2.24) is 5.32 Å². The number of benzene rings is 1. The molecule has 0 spiro atoms. The lowest BCUT2D eigenvalue weighted by Gasteiger charge is -2.12. The van der Waals surface area contributed by atoms with Crippen LogP contribution in [0.1, 0.15) is 32.3 Å². The second kappa shape index (κ2) is 7.43. The number of fused-ring (bicyclic) bond motifs is 1. The van der Waals surface area contributed by atoms with Crippen LogP contribution in [-0.2, 0) is 11.3 Å². The molecule has 20 heavy (non-hydrogen) atoms. The predicted molar refractivity (Wildman–Crippen MR) is 81.2 cm³/mol. The molecule has 1 aliphatic heterocycles. The molecule has 5 heteroatoms. The Hall–Kier alpha value is -1.36. The topological polar surface area (TPSA) is 47.6 Å². The first-order chi connectivity index (χ1) is 9.70. The Morgan fingerprint density at radius 1 is 1.40 bits per heavy atom. The van der Waals surface area contributed by atoms with Crippen molar-refractivity contribution in [3.63, 3.8) is 0 Å². The van der Waals surface area contributed by atoms with Crippen molar-refractivity contribution < 1.29 is 14.3 Å². The van der Waals surface area contributed by atoms with Crippen molar-refractivity contribution in [2.75, 3.05) is 12.5 Å². The van der Waals surface area contributed by atoms with Crippen molar-refractivity contribution in [1.29, 1.82) is 0 Å². The summed E-state index contributed by atoms with van der Waals surface area (Å²) in [6.07, 6.45) is 2.32. The zero-order valence-corrected chi connectivity index (χ0v) is 12.8. The monoisotopic (exact) mass is 295 g/mol. The van der Waals surface area contributed by atoms with E-state index in [9.17, 15) is 4.79 Å². The predicted octanol–water partition coefficient (Wildman–Crippen LogP) is 2.95. The van der Waals surface area contributed by atoms with Gasteiger partial charge in [0.05, 0.1) is 5.25 Å². The Kier molecular flexibility index (Phi) is 5.59. The minimum atomic E-state index is -0.00411. The van der Waals surface area contributed by atoms with Gasteiger partial charge in [0, 0.05) is 6.54 Å². The van der Waals surface area contributed by atoms with E-state index in [1.165, 1.54) is 6.42 Å². The van der Waals surface area contributed by atoms with Crippen molar-refractivity contribution in [2.45, 2.75) is 38.5 Å². The Morgan fingerprint density at radius 2 is 2.20 bits per heavy atom. The molecule has 0 aromatic heterocycles. The lowest BCUT2D eigenvalue weighted by atomic mass is 10.2. The average molecular weight is 295 g/mol. The van der Waals surface area contributed by atoms with Crippen LogP contribution >= 0.6 is 11.8 Å². The van der Waals surface area contributed by atoms with Crippen LogP contribution < -0.4 is 14.8 Å². The molecule has 1 aromatic rings. The summed E-state index contributed by atoms with van der Waals surface area (Å²) < 4.78 is 10.6. The van der Waals surface area contributed by atoms with Gasteiger partial charge < -0.3 is 14.8 Å². The van der Waals surface area contributed by atoms with Crippen molar-refractivity contribution in [3.05, 3.63) is 23.8 Å². The standard InChI is InChI=1S/C15H21NO3S/c1-3-4-7-20-11(2)15(17)16-9-12-5-6-13-14(8-12)19-10-18-13/h5-6,8,11H,3-4,7,9-10H2,1-2H3,(H,16,17). The van der Waals surface area contributed by atoms with Gasteiger partial charge in [0.1, 0.15) is 0 Å². The van der Waals surface area contributed by atoms with E-state index in [0.29, 0.717) is 6.54 Å². The number of rotatable bonds is 7. The molecule has 1 atom stereocenters. The summed E-state index contributed by atoms with van der Waals surface area (Å²) in [6.45, 7) is 4.91. The Labute approximate surface area is 124 Å². The highest BCUT2D eigenvalue weighted by molar-refractivity contribution is 8.00. The van der Waals surface area contributed by atoms with Crippen LogP contribution in [0.15, 0.2) is 18.2 Å². The average Bonchev–Trinajstić information content (AvgIpc) is 2.92. The molecule has 1 aromatic carbocycles. The molecule has 0 aliphatic carbocycles. The minimum Gasteiger partial charge on any atom is -0.454 e. The lowest BCUT2D eigenvalue weighted by Crippen LogP contribution is -2.30. The maximum atomic E-state index is 12.0. The molecule has 0 radical (unpaired) electrons. The molecule has 2 rings (SSSR count). The van der Waals surface area contributed by atoms with Gasteiger partial charge in [-0.25, -0.2) is 0 Å². The molecular weight excluding hydrogens is 274 g/mol. The third-order valence-corrected chi connectivity index (χ3v) is 4.38. The van der Waals surface area contributed by atoms with Crippen molar-refractivity contribution in [2.24, 2.45) is 0 Å². The summed E-state index contributed by atoms with van der Waals surface area (Å²) >= 11 is 1.71. The molecule has 4 nitrogen and oxygen atoms in total. The summed E-state index contributed by atoms with van der Waals surface area (Å²) in [4.78, 5) is 12.0. The van der Waals surface area contributed by atoms with E-state index >= 15 is 0 Å². The second-order valence-corrected chi connectivity index (χ2v) is 6.22. The molecule has 1 N–H and O–H groups in total. The highest BCUT2D eigenvalue weighted by atomic mass is 32.2. The van der Waals surface area contributed by atoms with Gasteiger partial charge in [-0.2, -0.15) is 0 Å². The van der Waals surface area contributed by atoms with Gasteiger partial charge in [-0.05, 0) is 36.8 Å². The van der Waals surface area contributed by atoms with E-state index in [1.54, 1.807) is 11.8 Å². The van der Waals surface area contributed by atoms with E-state index in [2.05, 4.69) is 12.2 Å². The fourth-order valence-corrected chi connectivity index (χ4v) is 2.91. The van der Waals surface area contributed by atoms with Crippen LogP contribution in [0.25, 0.3) is 0 Å². The highest BCUT2D eigenvalue weighted by Gasteiger charge is 2.15. The van der Waals surface area contributed by atoms with E-state index in [-0.39, 0.29) is 18.0 Å². The first-order valence-corrected chi connectivity index (χ1v) is 8.03. The zero-order chi connectivity index (χ0) is 14.4. The fraction of sp³-hybridized carbons (Fsp3) is 0.533. The smallest absolute Gasteiger partial charge is 0.233 e. The van der Waals surface area contributed by atoms with Gasteiger partial charge >= 0.3 is 0 Å². The number of amides is 1. The van der Waals surface area contributed by atoms with Crippen LogP contribution in [-0.4, -0.2) is 23.7 Å². The second-order valence-electron chi connectivity index (χ2n) is 4.77. The number of ether oxygens (including phenoxy) is 2. The molecular formula is C15H21NO3S. The third-order valence-electron chi connectivity index (χ3n) is 3.14. The molecule has 1 unspecified atom stereocenters. The molecule has 110 valence electrons. The van der Waals surface area contributed by atoms with Crippen LogP contribution in [0.2, 0.25) is 0 Å². The first-order valence-electron chi connectivity index (χ1n) is 6.98. The summed E-state index contributed by atoms with van der Waals surface area (Å²) in [5, 5.41) is 2.96. The number of thioether (sulfide) groups is 1. The minimum absolute atomic E-state index is 0.00411. The van der Waals surface area contributed by atoms with Crippen LogP contribution in [0, 0.1) is 0 Å². The molecule has 1 amide bonds. The largest absolute Gasteiger partial charge is 0.454 e. The normalized spacial score (nSPS) is 14.1. The fourth-order valence-electron chi connectivity index (χ4n) is 1.86. The van der Waals surface area contributed by atoms with Gasteiger partial charge in [-0.15, -0.1) is 11.8 Å². The molecule has 1 aliphatic rings. The zero-order valence-electron chi connectivity index (χ0n) is 12.0. The van der Waals surface area contributed by atoms with Crippen molar-refractivity contribution in [3.8, 4) is 11.5 Å². The lowest BCUT2D eigenvalue weighted by molar-refractivity contribution is -0.120. The molecule has 1 heterocycles. The van der Waals surface area contributed by atoms with E-state index in [1.807, 2.05) is 25.1 Å². The highest BCUT2D eigenvalue weighted by Crippen LogP contribution is 2.32. The number of hydrogen-bond donors (Lipinski definition) is 1.